The van der Waals surface area contributed by atoms with Crippen molar-refractivity contribution in [2.75, 3.05) is 13.2 Å². The van der Waals surface area contributed by atoms with Gasteiger partial charge in [0.25, 0.3) is 0 Å². The Kier molecular flexibility index (Phi) is 6.74. The van der Waals surface area contributed by atoms with Gasteiger partial charge in [0.1, 0.15) is 30.0 Å². The van der Waals surface area contributed by atoms with Crippen molar-refractivity contribution in [1.82, 2.24) is 0 Å². The van der Waals surface area contributed by atoms with Crippen molar-refractivity contribution in [3.63, 3.8) is 0 Å². The molecule has 3 aromatic carbocycles. The number of rotatable bonds is 8. The molecule has 0 aromatic heterocycles. The minimum Gasteiger partial charge on any atom is -0.487 e. The van der Waals surface area contributed by atoms with E-state index in [0.29, 0.717) is 12.4 Å². The Morgan fingerprint density at radius 1 is 0.750 bits per heavy atom. The fraction of sp³-hybridized carbons (Fsp3) is 0.217. The zero-order valence-corrected chi connectivity index (χ0v) is 15.8. The Hall–Kier alpha value is -2.76. The fourth-order valence-corrected chi connectivity index (χ4v) is 3.03. The molecule has 146 valence electrons. The van der Waals surface area contributed by atoms with Crippen molar-refractivity contribution in [3.8, 4) is 28.0 Å². The lowest BCUT2D eigenvalue weighted by Gasteiger charge is -2.14. The molecule has 0 bridgehead atoms. The van der Waals surface area contributed by atoms with Crippen LogP contribution in [0, 0.1) is 11.6 Å². The number of hydrogen-bond acceptors (Lipinski definition) is 1. The molecule has 0 saturated heterocycles. The first-order valence-electron chi connectivity index (χ1n) is 9.47. The summed E-state index contributed by atoms with van der Waals surface area (Å²) in [4.78, 5) is 0. The van der Waals surface area contributed by atoms with E-state index in [-0.39, 0.29) is 17.7 Å². The van der Waals surface area contributed by atoms with Gasteiger partial charge in [0.15, 0.2) is 0 Å². The van der Waals surface area contributed by atoms with Crippen molar-refractivity contribution in [1.29, 1.82) is 0 Å². The van der Waals surface area contributed by atoms with Crippen molar-refractivity contribution in [2.45, 2.75) is 18.9 Å². The van der Waals surface area contributed by atoms with E-state index < -0.39 is 0 Å². The van der Waals surface area contributed by atoms with Crippen molar-refractivity contribution in [2.24, 2.45) is 0 Å². The van der Waals surface area contributed by atoms with Gasteiger partial charge in [0.05, 0.1) is 6.54 Å². The van der Waals surface area contributed by atoms with Crippen LogP contribution < -0.4 is 16.2 Å². The van der Waals surface area contributed by atoms with Gasteiger partial charge in [-0.15, -0.1) is 0 Å². The fourth-order valence-electron chi connectivity index (χ4n) is 3.03. The average Bonchev–Trinajstić information content (AvgIpc) is 2.71. The van der Waals surface area contributed by atoms with Crippen LogP contribution in [0.25, 0.3) is 22.3 Å². The maximum Gasteiger partial charge on any atom is 0.140 e. The van der Waals surface area contributed by atoms with Crippen LogP contribution in [0.15, 0.2) is 66.7 Å². The largest absolute Gasteiger partial charge is 0.487 e. The predicted octanol–water partition coefficient (Wildman–Crippen LogP) is 3.31. The van der Waals surface area contributed by atoms with Crippen LogP contribution in [0.3, 0.4) is 0 Å². The Morgan fingerprint density at radius 3 is 1.71 bits per heavy atom. The Balaban J connectivity index is 1.91. The molecule has 0 saturated carbocycles. The van der Waals surface area contributed by atoms with Crippen molar-refractivity contribution in [3.05, 3.63) is 78.4 Å². The van der Waals surface area contributed by atoms with Gasteiger partial charge in [0.2, 0.25) is 0 Å². The number of hydrogen-bond donors (Lipinski definition) is 2. The third-order valence-electron chi connectivity index (χ3n) is 4.61. The molecule has 3 rings (SSSR count). The zero-order chi connectivity index (χ0) is 19.9. The van der Waals surface area contributed by atoms with Gasteiger partial charge in [-0.3, -0.25) is 0 Å². The minimum atomic E-state index is -0.278. The van der Waals surface area contributed by atoms with E-state index in [1.807, 2.05) is 18.2 Å². The third kappa shape index (κ3) is 5.38. The van der Waals surface area contributed by atoms with E-state index in [4.69, 9.17) is 4.74 Å². The first-order chi connectivity index (χ1) is 13.5. The molecule has 1 atom stereocenters. The average molecular weight is 384 g/mol. The monoisotopic (exact) mass is 384 g/mol. The lowest BCUT2D eigenvalue weighted by Crippen LogP contribution is -2.64. The summed E-state index contributed by atoms with van der Waals surface area (Å²) in [6.07, 6.45) is 1.99. The summed E-state index contributed by atoms with van der Waals surface area (Å²) in [5, 5.41) is 0. The van der Waals surface area contributed by atoms with E-state index in [2.05, 4.69) is 11.5 Å². The summed E-state index contributed by atoms with van der Waals surface area (Å²) >= 11 is 0. The standard InChI is InChI=1S/C23H24F2N2O/c24-20-7-3-16(4-8-20)18-12-19(17-5-9-21(25)10-6-17)14-23(13-18)28-15-22(27)2-1-11-26/h3-10,12-14,22H,1-2,11,15,26-27H2/p+2/t22-/m0/s1. The molecular weight excluding hydrogens is 358 g/mol. The molecule has 5 heteroatoms. The highest BCUT2D eigenvalue weighted by Gasteiger charge is 2.11. The predicted molar refractivity (Wildman–Crippen MR) is 106 cm³/mol. The summed E-state index contributed by atoms with van der Waals surface area (Å²) in [7, 11) is 0. The molecule has 0 amide bonds. The summed E-state index contributed by atoms with van der Waals surface area (Å²) in [6, 6.07) is 18.8. The van der Waals surface area contributed by atoms with Gasteiger partial charge in [-0.25, -0.2) is 8.78 Å². The van der Waals surface area contributed by atoms with E-state index in [0.717, 1.165) is 41.6 Å². The highest BCUT2D eigenvalue weighted by atomic mass is 19.1. The Morgan fingerprint density at radius 2 is 1.25 bits per heavy atom. The number of ether oxygens (including phenoxy) is 1. The molecule has 0 spiro atoms. The van der Waals surface area contributed by atoms with Crippen LogP contribution in [0.5, 0.6) is 5.75 Å². The Labute approximate surface area is 163 Å². The molecule has 28 heavy (non-hydrogen) atoms. The number of halogens is 2. The number of quaternary nitrogens is 2. The van der Waals surface area contributed by atoms with Crippen LogP contribution in [0.4, 0.5) is 8.78 Å². The molecule has 3 aromatic rings. The van der Waals surface area contributed by atoms with E-state index in [1.165, 1.54) is 24.3 Å². The SMILES string of the molecule is [NH3+]CCC[C@H]([NH3+])COc1cc(-c2ccc(F)cc2)cc(-c2ccc(F)cc2)c1. The first-order valence-corrected chi connectivity index (χ1v) is 9.47. The topological polar surface area (TPSA) is 64.5 Å². The van der Waals surface area contributed by atoms with Crippen LogP contribution in [0.1, 0.15) is 12.8 Å². The van der Waals surface area contributed by atoms with Gasteiger partial charge in [-0.1, -0.05) is 24.3 Å². The normalized spacial score (nSPS) is 12.0. The minimum absolute atomic E-state index is 0.186. The molecular formula is C23H26F2N2O+2. The Bertz CT molecular complexity index is 832. The molecule has 0 aliphatic rings. The lowest BCUT2D eigenvalue weighted by atomic mass is 9.98. The highest BCUT2D eigenvalue weighted by Crippen LogP contribution is 2.32. The molecule has 0 aliphatic carbocycles. The second-order valence-electron chi connectivity index (χ2n) is 6.93. The second kappa shape index (κ2) is 9.44. The zero-order valence-electron chi connectivity index (χ0n) is 15.8. The molecule has 0 heterocycles. The van der Waals surface area contributed by atoms with E-state index in [9.17, 15) is 8.78 Å². The van der Waals surface area contributed by atoms with Crippen molar-refractivity contribution < 1.29 is 25.0 Å². The highest BCUT2D eigenvalue weighted by molar-refractivity contribution is 5.75. The molecule has 0 fully saturated rings. The lowest BCUT2D eigenvalue weighted by molar-refractivity contribution is -0.429. The summed E-state index contributed by atoms with van der Waals surface area (Å²) in [6.45, 7) is 1.40. The van der Waals surface area contributed by atoms with E-state index >= 15 is 0 Å². The van der Waals surface area contributed by atoms with Gasteiger partial charge in [-0.2, -0.15) is 0 Å². The van der Waals surface area contributed by atoms with Crippen LogP contribution in [0.2, 0.25) is 0 Å². The molecule has 0 radical (unpaired) electrons. The molecule has 0 unspecified atom stereocenters. The third-order valence-corrected chi connectivity index (χ3v) is 4.61. The summed E-state index contributed by atoms with van der Waals surface area (Å²) < 4.78 is 32.6. The van der Waals surface area contributed by atoms with E-state index in [1.54, 1.807) is 24.3 Å². The van der Waals surface area contributed by atoms with Gasteiger partial charge in [0, 0.05) is 12.8 Å². The van der Waals surface area contributed by atoms with Crippen LogP contribution >= 0.6 is 0 Å². The van der Waals surface area contributed by atoms with Gasteiger partial charge in [-0.05, 0) is 64.7 Å². The molecule has 3 nitrogen and oxygen atoms in total. The molecule has 6 N–H and O–H groups in total. The maximum absolute atomic E-state index is 13.3. The molecule has 0 aliphatic heterocycles. The number of benzene rings is 3. The summed E-state index contributed by atoms with van der Waals surface area (Å²) in [5.74, 6) is 0.157. The van der Waals surface area contributed by atoms with Gasteiger partial charge < -0.3 is 16.2 Å². The van der Waals surface area contributed by atoms with Crippen LogP contribution in [-0.4, -0.2) is 19.2 Å². The first kappa shape index (κ1) is 20.0. The van der Waals surface area contributed by atoms with Crippen molar-refractivity contribution >= 4 is 0 Å². The summed E-state index contributed by atoms with van der Waals surface area (Å²) in [5.41, 5.74) is 11.6. The van der Waals surface area contributed by atoms with Gasteiger partial charge >= 0.3 is 0 Å². The quantitative estimate of drug-likeness (QED) is 0.615. The van der Waals surface area contributed by atoms with Crippen LogP contribution in [-0.2, 0) is 0 Å². The maximum atomic E-state index is 13.3. The second-order valence-corrected chi connectivity index (χ2v) is 6.93. The smallest absolute Gasteiger partial charge is 0.140 e.